The van der Waals surface area contributed by atoms with Gasteiger partial charge in [0.1, 0.15) is 0 Å². The first kappa shape index (κ1) is 17.5. The topological polar surface area (TPSA) is 77.9 Å². The lowest BCUT2D eigenvalue weighted by atomic mass is 9.98. The van der Waals surface area contributed by atoms with Crippen LogP contribution in [0.4, 0.5) is 0 Å². The number of piperidine rings is 1. The van der Waals surface area contributed by atoms with Gasteiger partial charge in [-0.15, -0.1) is 0 Å². The van der Waals surface area contributed by atoms with Crippen LogP contribution in [0.15, 0.2) is 0 Å². The van der Waals surface area contributed by atoms with Crippen LogP contribution in [0, 0.1) is 11.8 Å². The van der Waals surface area contributed by atoms with E-state index in [-0.39, 0.29) is 24.9 Å². The van der Waals surface area contributed by atoms with Crippen molar-refractivity contribution in [3.63, 3.8) is 0 Å². The van der Waals surface area contributed by atoms with Crippen LogP contribution in [0.1, 0.15) is 39.5 Å². The Labute approximate surface area is 126 Å². The number of nitrogens with zero attached hydrogens (tertiary/aromatic N) is 2. The van der Waals surface area contributed by atoms with E-state index >= 15 is 0 Å². The average molecular weight is 298 g/mol. The third kappa shape index (κ3) is 5.73. The van der Waals surface area contributed by atoms with Gasteiger partial charge in [-0.05, 0) is 25.2 Å². The van der Waals surface area contributed by atoms with Crippen molar-refractivity contribution in [2.75, 3.05) is 26.7 Å². The van der Waals surface area contributed by atoms with Crippen molar-refractivity contribution in [1.82, 2.24) is 9.80 Å². The molecule has 1 atom stereocenters. The number of carbonyl (C=O) groups is 3. The van der Waals surface area contributed by atoms with E-state index in [0.717, 1.165) is 6.42 Å². The summed E-state index contributed by atoms with van der Waals surface area (Å²) in [7, 11) is 1.62. The van der Waals surface area contributed by atoms with E-state index in [9.17, 15) is 14.4 Å². The summed E-state index contributed by atoms with van der Waals surface area (Å²) in [5, 5.41) is 9.03. The molecule has 1 N–H and O–H groups in total. The van der Waals surface area contributed by atoms with E-state index in [1.807, 2.05) is 0 Å². The standard InChI is InChI=1S/C15H26N2O4/c1-11(2)6-7-13(18)16(3)10-14(19)17-8-4-5-12(9-17)15(20)21/h11-12H,4-10H2,1-3H3,(H,20,21). The average Bonchev–Trinajstić information content (AvgIpc) is 2.44. The smallest absolute Gasteiger partial charge is 0.308 e. The summed E-state index contributed by atoms with van der Waals surface area (Å²) in [5.74, 6) is -1.08. The minimum Gasteiger partial charge on any atom is -0.481 e. The number of hydrogen-bond acceptors (Lipinski definition) is 3. The molecule has 0 aliphatic carbocycles. The molecule has 0 spiro atoms. The number of likely N-dealkylation sites (tertiary alicyclic amines) is 1. The Balaban J connectivity index is 2.44. The first-order valence-electron chi connectivity index (χ1n) is 7.55. The van der Waals surface area contributed by atoms with Gasteiger partial charge in [0, 0.05) is 26.6 Å². The van der Waals surface area contributed by atoms with Crippen LogP contribution < -0.4 is 0 Å². The maximum absolute atomic E-state index is 12.2. The maximum atomic E-state index is 12.2. The summed E-state index contributed by atoms with van der Waals surface area (Å²) < 4.78 is 0. The fraction of sp³-hybridized carbons (Fsp3) is 0.800. The van der Waals surface area contributed by atoms with E-state index in [1.54, 1.807) is 11.9 Å². The molecule has 2 amide bonds. The van der Waals surface area contributed by atoms with Crippen molar-refractivity contribution < 1.29 is 19.5 Å². The van der Waals surface area contributed by atoms with Gasteiger partial charge in [-0.25, -0.2) is 0 Å². The fourth-order valence-electron chi connectivity index (χ4n) is 2.40. The van der Waals surface area contributed by atoms with Crippen molar-refractivity contribution in [3.05, 3.63) is 0 Å². The van der Waals surface area contributed by atoms with E-state index < -0.39 is 11.9 Å². The zero-order chi connectivity index (χ0) is 16.0. The second-order valence-corrected chi connectivity index (χ2v) is 6.20. The second kappa shape index (κ2) is 8.00. The Hall–Kier alpha value is -1.59. The third-order valence-corrected chi connectivity index (χ3v) is 3.86. The molecule has 1 rings (SSSR count). The Morgan fingerprint density at radius 1 is 1.33 bits per heavy atom. The highest BCUT2D eigenvalue weighted by Crippen LogP contribution is 2.17. The molecule has 1 aliphatic heterocycles. The maximum Gasteiger partial charge on any atom is 0.308 e. The zero-order valence-electron chi connectivity index (χ0n) is 13.2. The molecular formula is C15H26N2O4. The fourth-order valence-corrected chi connectivity index (χ4v) is 2.40. The van der Waals surface area contributed by atoms with Crippen LogP contribution in [0.5, 0.6) is 0 Å². The molecule has 1 saturated heterocycles. The molecule has 1 unspecified atom stereocenters. The summed E-state index contributed by atoms with van der Waals surface area (Å²) >= 11 is 0. The first-order chi connectivity index (χ1) is 9.81. The number of aliphatic carboxylic acids is 1. The van der Waals surface area contributed by atoms with Gasteiger partial charge in [0.2, 0.25) is 11.8 Å². The van der Waals surface area contributed by atoms with Crippen molar-refractivity contribution in [2.45, 2.75) is 39.5 Å². The van der Waals surface area contributed by atoms with Gasteiger partial charge in [-0.3, -0.25) is 14.4 Å². The molecule has 0 saturated carbocycles. The lowest BCUT2D eigenvalue weighted by molar-refractivity contribution is -0.147. The summed E-state index contributed by atoms with van der Waals surface area (Å²) in [6.07, 6.45) is 2.57. The minimum absolute atomic E-state index is 0.0310. The minimum atomic E-state index is -0.853. The monoisotopic (exact) mass is 298 g/mol. The Morgan fingerprint density at radius 2 is 2.00 bits per heavy atom. The van der Waals surface area contributed by atoms with Gasteiger partial charge in [0.15, 0.2) is 0 Å². The molecule has 0 aromatic heterocycles. The van der Waals surface area contributed by atoms with Crippen molar-refractivity contribution in [2.24, 2.45) is 11.8 Å². The van der Waals surface area contributed by atoms with Crippen LogP contribution in [0.2, 0.25) is 0 Å². The quantitative estimate of drug-likeness (QED) is 0.799. The molecule has 6 heteroatoms. The van der Waals surface area contributed by atoms with Gasteiger partial charge in [-0.1, -0.05) is 13.8 Å². The van der Waals surface area contributed by atoms with Crippen molar-refractivity contribution >= 4 is 17.8 Å². The summed E-state index contributed by atoms with van der Waals surface area (Å²) in [5.41, 5.74) is 0. The van der Waals surface area contributed by atoms with Crippen LogP contribution in [0.25, 0.3) is 0 Å². The molecule has 120 valence electrons. The Morgan fingerprint density at radius 3 is 2.57 bits per heavy atom. The predicted octanol–water partition coefficient (Wildman–Crippen LogP) is 1.20. The van der Waals surface area contributed by atoms with Crippen molar-refractivity contribution in [3.8, 4) is 0 Å². The predicted molar refractivity (Wildman–Crippen MR) is 78.6 cm³/mol. The van der Waals surface area contributed by atoms with E-state index in [1.165, 1.54) is 4.90 Å². The molecule has 1 aliphatic rings. The number of carboxylic acids is 1. The van der Waals surface area contributed by atoms with E-state index in [4.69, 9.17) is 5.11 Å². The zero-order valence-corrected chi connectivity index (χ0v) is 13.2. The number of carboxylic acid groups (broad SMARTS) is 1. The molecule has 6 nitrogen and oxygen atoms in total. The highest BCUT2D eigenvalue weighted by molar-refractivity contribution is 5.85. The van der Waals surface area contributed by atoms with Gasteiger partial charge >= 0.3 is 5.97 Å². The van der Waals surface area contributed by atoms with Gasteiger partial charge < -0.3 is 14.9 Å². The summed E-state index contributed by atoms with van der Waals surface area (Å²) in [4.78, 5) is 38.1. The summed E-state index contributed by atoms with van der Waals surface area (Å²) in [6.45, 7) is 4.97. The number of rotatable bonds is 6. The highest BCUT2D eigenvalue weighted by Gasteiger charge is 2.28. The third-order valence-electron chi connectivity index (χ3n) is 3.86. The molecule has 0 aromatic rings. The molecule has 21 heavy (non-hydrogen) atoms. The lowest BCUT2D eigenvalue weighted by Gasteiger charge is -2.32. The van der Waals surface area contributed by atoms with Gasteiger partial charge in [0.05, 0.1) is 12.5 Å². The van der Waals surface area contributed by atoms with Crippen LogP contribution in [-0.4, -0.2) is 59.4 Å². The largest absolute Gasteiger partial charge is 0.481 e. The molecular weight excluding hydrogens is 272 g/mol. The van der Waals surface area contributed by atoms with Gasteiger partial charge in [0.25, 0.3) is 0 Å². The first-order valence-corrected chi connectivity index (χ1v) is 7.55. The highest BCUT2D eigenvalue weighted by atomic mass is 16.4. The SMILES string of the molecule is CC(C)CCC(=O)N(C)CC(=O)N1CCCC(C(=O)O)C1. The number of hydrogen-bond donors (Lipinski definition) is 1. The Kier molecular flexibility index (Phi) is 6.65. The van der Waals surface area contributed by atoms with Crippen LogP contribution in [0.3, 0.4) is 0 Å². The van der Waals surface area contributed by atoms with Crippen LogP contribution >= 0.6 is 0 Å². The molecule has 0 bridgehead atoms. The molecule has 0 aromatic carbocycles. The summed E-state index contributed by atoms with van der Waals surface area (Å²) in [6, 6.07) is 0. The van der Waals surface area contributed by atoms with E-state index in [0.29, 0.717) is 31.7 Å². The number of amides is 2. The molecule has 1 heterocycles. The molecule has 0 radical (unpaired) electrons. The number of carbonyl (C=O) groups excluding carboxylic acids is 2. The second-order valence-electron chi connectivity index (χ2n) is 6.20. The molecule has 1 fully saturated rings. The number of likely N-dealkylation sites (N-methyl/N-ethyl adjacent to an activating group) is 1. The normalized spacial score (nSPS) is 18.7. The van der Waals surface area contributed by atoms with Crippen LogP contribution in [-0.2, 0) is 14.4 Å². The van der Waals surface area contributed by atoms with E-state index in [2.05, 4.69) is 13.8 Å². The lowest BCUT2D eigenvalue weighted by Crippen LogP contribution is -2.46. The van der Waals surface area contributed by atoms with Gasteiger partial charge in [-0.2, -0.15) is 0 Å². The Bertz CT molecular complexity index is 395. The van der Waals surface area contributed by atoms with Crippen molar-refractivity contribution in [1.29, 1.82) is 0 Å².